The lowest BCUT2D eigenvalue weighted by Crippen LogP contribution is -2.31. The van der Waals surface area contributed by atoms with Gasteiger partial charge in [0, 0.05) is 29.3 Å². The molecule has 1 N–H and O–H groups in total. The highest BCUT2D eigenvalue weighted by Gasteiger charge is 2.12. The summed E-state index contributed by atoms with van der Waals surface area (Å²) in [6.07, 6.45) is 0. The van der Waals surface area contributed by atoms with Crippen LogP contribution in [0.15, 0.2) is 22.7 Å². The highest BCUT2D eigenvalue weighted by Crippen LogP contribution is 2.26. The minimum absolute atomic E-state index is 0.523. The molecule has 1 aromatic carbocycles. The Kier molecular flexibility index (Phi) is 5.29. The van der Waals surface area contributed by atoms with Gasteiger partial charge in [0.15, 0.2) is 0 Å². The summed E-state index contributed by atoms with van der Waals surface area (Å²) in [5.41, 5.74) is 2.67. The van der Waals surface area contributed by atoms with E-state index in [1.807, 2.05) is 7.05 Å². The van der Waals surface area contributed by atoms with Crippen LogP contribution in [0.3, 0.4) is 0 Å². The van der Waals surface area contributed by atoms with E-state index >= 15 is 0 Å². The first-order valence-electron chi connectivity index (χ1n) is 5.79. The van der Waals surface area contributed by atoms with Gasteiger partial charge in [-0.25, -0.2) is 0 Å². The molecule has 2 nitrogen and oxygen atoms in total. The third kappa shape index (κ3) is 3.22. The van der Waals surface area contributed by atoms with Crippen LogP contribution in [0.1, 0.15) is 26.3 Å². The maximum Gasteiger partial charge on any atom is 0.0425 e. The quantitative estimate of drug-likeness (QED) is 0.892. The molecule has 0 aromatic heterocycles. The average Bonchev–Trinajstić information content (AvgIpc) is 2.22. The SMILES string of the molecule is CCN(c1cc(Br)ccc1CNC)C(C)C. The molecule has 0 fully saturated rings. The predicted molar refractivity (Wildman–Crippen MR) is 75.1 cm³/mol. The molecule has 0 aliphatic carbocycles. The first-order valence-corrected chi connectivity index (χ1v) is 6.59. The molecule has 0 saturated heterocycles. The lowest BCUT2D eigenvalue weighted by atomic mass is 10.1. The number of rotatable bonds is 5. The second-order valence-electron chi connectivity index (χ2n) is 4.18. The largest absolute Gasteiger partial charge is 0.369 e. The number of nitrogens with zero attached hydrogens (tertiary/aromatic N) is 1. The topological polar surface area (TPSA) is 15.3 Å². The highest BCUT2D eigenvalue weighted by molar-refractivity contribution is 9.10. The van der Waals surface area contributed by atoms with Crippen LogP contribution in [-0.2, 0) is 6.54 Å². The molecule has 0 spiro atoms. The van der Waals surface area contributed by atoms with Crippen LogP contribution in [0.5, 0.6) is 0 Å². The van der Waals surface area contributed by atoms with Crippen LogP contribution in [0.4, 0.5) is 5.69 Å². The monoisotopic (exact) mass is 284 g/mol. The Labute approximate surface area is 107 Å². The summed E-state index contributed by atoms with van der Waals surface area (Å²) in [4.78, 5) is 2.41. The molecule has 0 aliphatic heterocycles. The summed E-state index contributed by atoms with van der Waals surface area (Å²) < 4.78 is 1.14. The predicted octanol–water partition coefficient (Wildman–Crippen LogP) is 3.40. The van der Waals surface area contributed by atoms with Crippen molar-refractivity contribution in [2.45, 2.75) is 33.4 Å². The zero-order valence-electron chi connectivity index (χ0n) is 10.5. The number of nitrogens with one attached hydrogen (secondary N) is 1. The highest BCUT2D eigenvalue weighted by atomic mass is 79.9. The van der Waals surface area contributed by atoms with Crippen molar-refractivity contribution in [1.29, 1.82) is 0 Å². The van der Waals surface area contributed by atoms with Gasteiger partial charge < -0.3 is 10.2 Å². The molecule has 0 unspecified atom stereocenters. The van der Waals surface area contributed by atoms with E-state index in [9.17, 15) is 0 Å². The number of hydrogen-bond acceptors (Lipinski definition) is 2. The Morgan fingerprint density at radius 2 is 2.06 bits per heavy atom. The van der Waals surface area contributed by atoms with E-state index in [1.165, 1.54) is 11.3 Å². The van der Waals surface area contributed by atoms with Gasteiger partial charge in [0.2, 0.25) is 0 Å². The number of benzene rings is 1. The van der Waals surface area contributed by atoms with Crippen molar-refractivity contribution in [2.75, 3.05) is 18.5 Å². The van der Waals surface area contributed by atoms with Crippen LogP contribution in [0.25, 0.3) is 0 Å². The summed E-state index contributed by atoms with van der Waals surface area (Å²) in [7, 11) is 1.98. The van der Waals surface area contributed by atoms with Crippen LogP contribution in [0.2, 0.25) is 0 Å². The molecule has 0 saturated carbocycles. The molecule has 16 heavy (non-hydrogen) atoms. The minimum Gasteiger partial charge on any atom is -0.369 e. The van der Waals surface area contributed by atoms with E-state index in [4.69, 9.17) is 0 Å². The van der Waals surface area contributed by atoms with E-state index in [0.29, 0.717) is 6.04 Å². The number of hydrogen-bond donors (Lipinski definition) is 1. The smallest absolute Gasteiger partial charge is 0.0425 e. The minimum atomic E-state index is 0.523. The molecule has 0 aliphatic rings. The van der Waals surface area contributed by atoms with Gasteiger partial charge in [-0.3, -0.25) is 0 Å². The lowest BCUT2D eigenvalue weighted by molar-refractivity contribution is 0.694. The summed E-state index contributed by atoms with van der Waals surface area (Å²) >= 11 is 3.55. The second-order valence-corrected chi connectivity index (χ2v) is 5.10. The first-order chi connectivity index (χ1) is 7.60. The summed E-state index contributed by atoms with van der Waals surface area (Å²) in [6.45, 7) is 8.60. The van der Waals surface area contributed by atoms with Gasteiger partial charge in [-0.1, -0.05) is 22.0 Å². The van der Waals surface area contributed by atoms with Gasteiger partial charge in [-0.05, 0) is 45.5 Å². The average molecular weight is 285 g/mol. The van der Waals surface area contributed by atoms with Crippen LogP contribution < -0.4 is 10.2 Å². The molecule has 0 heterocycles. The summed E-state index contributed by atoms with van der Waals surface area (Å²) in [6, 6.07) is 7.01. The first kappa shape index (κ1) is 13.5. The Balaban J connectivity index is 3.11. The van der Waals surface area contributed by atoms with E-state index in [-0.39, 0.29) is 0 Å². The molecular weight excluding hydrogens is 264 g/mol. The van der Waals surface area contributed by atoms with Crippen molar-refractivity contribution < 1.29 is 0 Å². The Bertz CT molecular complexity index is 337. The fourth-order valence-corrected chi connectivity index (χ4v) is 2.31. The van der Waals surface area contributed by atoms with E-state index < -0.39 is 0 Å². The molecule has 1 rings (SSSR count). The lowest BCUT2D eigenvalue weighted by Gasteiger charge is -2.30. The second kappa shape index (κ2) is 6.26. The van der Waals surface area contributed by atoms with Crippen molar-refractivity contribution in [3.63, 3.8) is 0 Å². The standard InChI is InChI=1S/C13H21BrN2/c1-5-16(10(2)3)13-8-12(14)7-6-11(13)9-15-4/h6-8,10,15H,5,9H2,1-4H3. The maximum atomic E-state index is 3.55. The van der Waals surface area contributed by atoms with Gasteiger partial charge in [0.05, 0.1) is 0 Å². The third-order valence-corrected chi connectivity index (χ3v) is 3.18. The van der Waals surface area contributed by atoms with Gasteiger partial charge >= 0.3 is 0 Å². The molecule has 0 atom stereocenters. The van der Waals surface area contributed by atoms with Crippen molar-refractivity contribution >= 4 is 21.6 Å². The molecule has 0 bridgehead atoms. The molecular formula is C13H21BrN2. The third-order valence-electron chi connectivity index (χ3n) is 2.69. The van der Waals surface area contributed by atoms with Crippen LogP contribution in [-0.4, -0.2) is 19.6 Å². The molecule has 90 valence electrons. The van der Waals surface area contributed by atoms with Crippen molar-refractivity contribution in [3.05, 3.63) is 28.2 Å². The van der Waals surface area contributed by atoms with E-state index in [2.05, 4.69) is 65.1 Å². The van der Waals surface area contributed by atoms with E-state index in [1.54, 1.807) is 0 Å². The zero-order chi connectivity index (χ0) is 12.1. The Morgan fingerprint density at radius 1 is 1.38 bits per heavy atom. The number of halogens is 1. The van der Waals surface area contributed by atoms with Gasteiger partial charge in [0.25, 0.3) is 0 Å². The van der Waals surface area contributed by atoms with Gasteiger partial charge in [0.1, 0.15) is 0 Å². The van der Waals surface area contributed by atoms with Crippen molar-refractivity contribution in [3.8, 4) is 0 Å². The van der Waals surface area contributed by atoms with Gasteiger partial charge in [-0.2, -0.15) is 0 Å². The fraction of sp³-hybridized carbons (Fsp3) is 0.538. The zero-order valence-corrected chi connectivity index (χ0v) is 12.1. The van der Waals surface area contributed by atoms with Gasteiger partial charge in [-0.15, -0.1) is 0 Å². The fourth-order valence-electron chi connectivity index (χ4n) is 1.96. The number of anilines is 1. The van der Waals surface area contributed by atoms with Crippen molar-refractivity contribution in [1.82, 2.24) is 5.32 Å². The summed E-state index contributed by atoms with van der Waals surface area (Å²) in [5, 5.41) is 3.22. The normalized spacial score (nSPS) is 10.9. The molecule has 3 heteroatoms. The Hall–Kier alpha value is -0.540. The summed E-state index contributed by atoms with van der Waals surface area (Å²) in [5.74, 6) is 0. The Morgan fingerprint density at radius 3 is 2.56 bits per heavy atom. The maximum absolute atomic E-state index is 3.55. The van der Waals surface area contributed by atoms with Crippen LogP contribution >= 0.6 is 15.9 Å². The van der Waals surface area contributed by atoms with Crippen molar-refractivity contribution in [2.24, 2.45) is 0 Å². The molecule has 0 radical (unpaired) electrons. The van der Waals surface area contributed by atoms with E-state index in [0.717, 1.165) is 17.6 Å². The molecule has 0 amide bonds. The molecule has 1 aromatic rings. The van der Waals surface area contributed by atoms with Crippen LogP contribution in [0, 0.1) is 0 Å².